The van der Waals surface area contributed by atoms with Gasteiger partial charge < -0.3 is 4.43 Å². The van der Waals surface area contributed by atoms with Gasteiger partial charge in [0.15, 0.2) is 8.32 Å². The minimum absolute atomic E-state index is 0.290. The number of rotatable bonds is 9. The summed E-state index contributed by atoms with van der Waals surface area (Å²) >= 11 is 0. The zero-order valence-electron chi connectivity index (χ0n) is 32.1. The molecule has 4 fully saturated rings. The van der Waals surface area contributed by atoms with Gasteiger partial charge in [0.2, 0.25) is 10.0 Å². The van der Waals surface area contributed by atoms with Crippen molar-refractivity contribution in [3.8, 4) is 0 Å². The highest BCUT2D eigenvalue weighted by atomic mass is 32.2. The number of aryl methyl sites for hydroxylation is 1. The Morgan fingerprint density at radius 1 is 0.958 bits per heavy atom. The Bertz CT molecular complexity index is 1430. The van der Waals surface area contributed by atoms with Gasteiger partial charge in [0.05, 0.1) is 4.90 Å². The smallest absolute Gasteiger partial charge is 0.243 e. The van der Waals surface area contributed by atoms with Crippen LogP contribution in [0.15, 0.2) is 40.8 Å². The van der Waals surface area contributed by atoms with Gasteiger partial charge in [-0.05, 0) is 161 Å². The van der Waals surface area contributed by atoms with Gasteiger partial charge in [0.25, 0.3) is 0 Å². The van der Waals surface area contributed by atoms with Crippen molar-refractivity contribution < 1.29 is 12.8 Å². The van der Waals surface area contributed by atoms with E-state index in [0.717, 1.165) is 53.9 Å². The van der Waals surface area contributed by atoms with Crippen molar-refractivity contribution in [1.29, 1.82) is 0 Å². The van der Waals surface area contributed by atoms with Crippen LogP contribution in [0, 0.1) is 53.3 Å². The molecule has 0 amide bonds. The van der Waals surface area contributed by atoms with Crippen LogP contribution in [-0.2, 0) is 14.4 Å². The SMILES string of the molecule is Cc1ccc(S(=O)(=O)N2CC=C(CCC[C@@H](C)C3CC[C@H]4[C@@H]5CC[C@@H]6C[C@H](O[Si](C)(C)C(C)(C)C)CC[C@]6(C)[C@H]5CC[C@]34C)CC2)cc1. The number of hydrogen-bond donors (Lipinski definition) is 0. The van der Waals surface area contributed by atoms with E-state index < -0.39 is 18.3 Å². The number of nitrogens with zero attached hydrogens (tertiary/aromatic N) is 1. The molecule has 1 aromatic carbocycles. The first-order valence-electron chi connectivity index (χ1n) is 19.9. The Balaban J connectivity index is 1.01. The van der Waals surface area contributed by atoms with E-state index in [2.05, 4.69) is 60.7 Å². The first kappa shape index (κ1) is 36.8. The minimum Gasteiger partial charge on any atom is -0.414 e. The number of hydrogen-bond acceptors (Lipinski definition) is 3. The van der Waals surface area contributed by atoms with Crippen LogP contribution in [0.4, 0.5) is 0 Å². The molecular weight excluding hydrogens is 627 g/mol. The molecule has 1 aliphatic heterocycles. The molecule has 1 heterocycles. The summed E-state index contributed by atoms with van der Waals surface area (Å²) in [5.41, 5.74) is 3.58. The quantitative estimate of drug-likeness (QED) is 0.191. The van der Waals surface area contributed by atoms with E-state index in [4.69, 9.17) is 4.43 Å². The van der Waals surface area contributed by atoms with Gasteiger partial charge in [-0.1, -0.05) is 77.3 Å². The van der Waals surface area contributed by atoms with Gasteiger partial charge in [-0.25, -0.2) is 8.42 Å². The fourth-order valence-electron chi connectivity index (χ4n) is 11.7. The molecule has 0 spiro atoms. The predicted molar refractivity (Wildman–Crippen MR) is 203 cm³/mol. The van der Waals surface area contributed by atoms with E-state index in [0.29, 0.717) is 34.9 Å². The average Bonchev–Trinajstić information content (AvgIpc) is 3.38. The lowest BCUT2D eigenvalue weighted by Crippen LogP contribution is -2.55. The molecule has 4 saturated carbocycles. The molecule has 270 valence electrons. The Hall–Kier alpha value is -0.953. The summed E-state index contributed by atoms with van der Waals surface area (Å²) in [5.74, 6) is 5.26. The van der Waals surface area contributed by atoms with E-state index in [1.807, 2.05) is 19.1 Å². The summed E-state index contributed by atoms with van der Waals surface area (Å²) in [6.07, 6.45) is 19.9. The van der Waals surface area contributed by atoms with Gasteiger partial charge in [0, 0.05) is 19.2 Å². The molecule has 5 aliphatic rings. The lowest BCUT2D eigenvalue weighted by molar-refractivity contribution is -0.127. The van der Waals surface area contributed by atoms with Crippen molar-refractivity contribution in [1.82, 2.24) is 4.31 Å². The number of fused-ring (bicyclic) bond motifs is 5. The summed E-state index contributed by atoms with van der Waals surface area (Å²) < 4.78 is 35.0. The first-order valence-corrected chi connectivity index (χ1v) is 24.2. The Kier molecular flexibility index (Phi) is 10.4. The van der Waals surface area contributed by atoms with Crippen molar-refractivity contribution in [3.05, 3.63) is 41.5 Å². The second-order valence-electron chi connectivity index (χ2n) is 19.3. The second-order valence-corrected chi connectivity index (χ2v) is 26.0. The fraction of sp³-hybridized carbons (Fsp3) is 0.810. The molecule has 1 unspecified atom stereocenters. The third-order valence-electron chi connectivity index (χ3n) is 15.7. The summed E-state index contributed by atoms with van der Waals surface area (Å²) in [6.45, 7) is 23.2. The predicted octanol–water partition coefficient (Wildman–Crippen LogP) is 11.2. The maximum absolute atomic E-state index is 13.2. The van der Waals surface area contributed by atoms with E-state index in [1.165, 1.54) is 76.2 Å². The van der Waals surface area contributed by atoms with E-state index in [1.54, 1.807) is 16.4 Å². The molecule has 4 aliphatic carbocycles. The molecule has 0 N–H and O–H groups in total. The van der Waals surface area contributed by atoms with Crippen molar-refractivity contribution in [3.63, 3.8) is 0 Å². The van der Waals surface area contributed by atoms with Crippen LogP contribution in [0.2, 0.25) is 18.1 Å². The molecule has 0 radical (unpaired) electrons. The van der Waals surface area contributed by atoms with Gasteiger partial charge in [-0.3, -0.25) is 0 Å². The Labute approximate surface area is 296 Å². The van der Waals surface area contributed by atoms with Crippen molar-refractivity contribution in [2.24, 2.45) is 46.3 Å². The maximum atomic E-state index is 13.2. The van der Waals surface area contributed by atoms with E-state index >= 15 is 0 Å². The van der Waals surface area contributed by atoms with Crippen LogP contribution in [0.25, 0.3) is 0 Å². The van der Waals surface area contributed by atoms with Crippen LogP contribution < -0.4 is 0 Å². The van der Waals surface area contributed by atoms with Crippen molar-refractivity contribution in [2.75, 3.05) is 13.1 Å². The summed E-state index contributed by atoms with van der Waals surface area (Å²) in [7, 11) is -5.14. The zero-order chi connectivity index (χ0) is 34.7. The minimum atomic E-state index is -3.41. The summed E-state index contributed by atoms with van der Waals surface area (Å²) in [5, 5.41) is 0.290. The van der Waals surface area contributed by atoms with E-state index in [9.17, 15) is 8.42 Å². The van der Waals surface area contributed by atoms with Crippen molar-refractivity contribution >= 4 is 18.3 Å². The molecule has 48 heavy (non-hydrogen) atoms. The average molecular weight is 696 g/mol. The lowest BCUT2D eigenvalue weighted by Gasteiger charge is -2.61. The molecule has 6 rings (SSSR count). The third kappa shape index (κ3) is 6.84. The fourth-order valence-corrected chi connectivity index (χ4v) is 14.5. The molecule has 0 aromatic heterocycles. The molecule has 9 atom stereocenters. The topological polar surface area (TPSA) is 46.6 Å². The van der Waals surface area contributed by atoms with Gasteiger partial charge in [0.1, 0.15) is 0 Å². The summed E-state index contributed by atoms with van der Waals surface area (Å²) in [4.78, 5) is 0.414. The third-order valence-corrected chi connectivity index (χ3v) is 22.1. The van der Waals surface area contributed by atoms with Gasteiger partial charge in [-0.15, -0.1) is 0 Å². The molecule has 4 nitrogen and oxygen atoms in total. The largest absolute Gasteiger partial charge is 0.414 e. The number of benzene rings is 1. The number of sulfonamides is 1. The lowest BCUT2D eigenvalue weighted by atomic mass is 9.44. The van der Waals surface area contributed by atoms with Crippen LogP contribution >= 0.6 is 0 Å². The maximum Gasteiger partial charge on any atom is 0.243 e. The van der Waals surface area contributed by atoms with Gasteiger partial charge in [-0.2, -0.15) is 4.31 Å². The second kappa shape index (κ2) is 13.5. The molecular formula is C42H69NO3SSi. The molecule has 6 heteroatoms. The monoisotopic (exact) mass is 695 g/mol. The first-order chi connectivity index (χ1) is 22.5. The van der Waals surface area contributed by atoms with Crippen LogP contribution in [0.5, 0.6) is 0 Å². The zero-order valence-corrected chi connectivity index (χ0v) is 33.9. The summed E-state index contributed by atoms with van der Waals surface area (Å²) in [6, 6.07) is 7.27. The standard InChI is InChI=1S/C42H69NO3SSi/c1-30-13-16-35(17-14-30)47(44,45)43-27-23-32(24-28-43)12-10-11-31(2)37-19-20-38-36-18-15-33-29-34(46-48(8,9)40(3,4)5)21-25-41(33,6)39(36)22-26-42(37,38)7/h13-14,16-17,23,31,33-34,36-39H,10-12,15,18-22,24-29H2,1-9H3/t31-,33-,34-,36+,37?,38+,39+,41+,42-/m1/s1. The normalized spacial score (nSPS) is 36.9. The van der Waals surface area contributed by atoms with Crippen molar-refractivity contribution in [2.45, 2.75) is 161 Å². The molecule has 0 saturated heterocycles. The molecule has 0 bridgehead atoms. The van der Waals surface area contributed by atoms with Gasteiger partial charge >= 0.3 is 0 Å². The van der Waals surface area contributed by atoms with Crippen LogP contribution in [0.1, 0.15) is 131 Å². The Morgan fingerprint density at radius 3 is 2.31 bits per heavy atom. The highest BCUT2D eigenvalue weighted by molar-refractivity contribution is 7.89. The van der Waals surface area contributed by atoms with Crippen LogP contribution in [0.3, 0.4) is 0 Å². The highest BCUT2D eigenvalue weighted by Crippen LogP contribution is 2.68. The Morgan fingerprint density at radius 2 is 1.65 bits per heavy atom. The van der Waals surface area contributed by atoms with E-state index in [-0.39, 0.29) is 5.04 Å². The van der Waals surface area contributed by atoms with Crippen LogP contribution in [-0.4, -0.2) is 40.2 Å². The highest BCUT2D eigenvalue weighted by Gasteiger charge is 2.61. The molecule has 1 aromatic rings.